The van der Waals surface area contributed by atoms with Crippen molar-refractivity contribution in [2.24, 2.45) is 0 Å². The second-order valence-electron chi connectivity index (χ2n) is 7.79. The first-order valence-electron chi connectivity index (χ1n) is 9.83. The smallest absolute Gasteiger partial charge is 0.169 e. The molecule has 1 saturated heterocycles. The van der Waals surface area contributed by atoms with E-state index in [1.54, 1.807) is 0 Å². The second kappa shape index (κ2) is 7.06. The van der Waals surface area contributed by atoms with Crippen LogP contribution in [0.5, 0.6) is 0 Å². The lowest BCUT2D eigenvalue weighted by atomic mass is 9.85. The van der Waals surface area contributed by atoms with Gasteiger partial charge in [-0.2, -0.15) is 0 Å². The Morgan fingerprint density at radius 1 is 1.18 bits per heavy atom. The van der Waals surface area contributed by atoms with Crippen LogP contribution in [-0.4, -0.2) is 39.7 Å². The fourth-order valence-corrected chi connectivity index (χ4v) is 5.61. The minimum Gasteiger partial charge on any atom is -0.369 e. The maximum atomic E-state index is 6.42. The molecule has 5 heterocycles. The van der Waals surface area contributed by atoms with Gasteiger partial charge in [0.15, 0.2) is 11.6 Å². The van der Waals surface area contributed by atoms with Crippen LogP contribution in [0.3, 0.4) is 0 Å². The summed E-state index contributed by atoms with van der Waals surface area (Å²) in [5.74, 6) is 1.77. The highest BCUT2D eigenvalue weighted by Gasteiger charge is 2.42. The van der Waals surface area contributed by atoms with E-state index >= 15 is 0 Å². The van der Waals surface area contributed by atoms with Crippen LogP contribution < -0.4 is 0 Å². The van der Waals surface area contributed by atoms with Crippen LogP contribution in [0.4, 0.5) is 0 Å². The van der Waals surface area contributed by atoms with E-state index in [1.165, 1.54) is 10.4 Å². The van der Waals surface area contributed by atoms with Gasteiger partial charge in [-0.3, -0.25) is 4.90 Å². The Balaban J connectivity index is 1.36. The zero-order chi connectivity index (χ0) is 19.1. The highest BCUT2D eigenvalue weighted by atomic mass is 32.1. The van der Waals surface area contributed by atoms with Crippen molar-refractivity contribution in [2.75, 3.05) is 19.7 Å². The topological polar surface area (TPSA) is 64.3 Å². The Morgan fingerprint density at radius 3 is 2.79 bits per heavy atom. The summed E-state index contributed by atoms with van der Waals surface area (Å²) in [5, 5.41) is 4.00. The number of aryl methyl sites for hydroxylation is 2. The van der Waals surface area contributed by atoms with E-state index < -0.39 is 0 Å². The molecule has 0 bridgehead atoms. The van der Waals surface area contributed by atoms with Crippen LogP contribution in [0.2, 0.25) is 0 Å². The average Bonchev–Trinajstić information content (AvgIpc) is 3.31. The summed E-state index contributed by atoms with van der Waals surface area (Å²) in [4.78, 5) is 14.1. The number of thiophene rings is 1. The SMILES string of the molecule is Cc1cc(CN2CCC3(CC2)OCCc2cc(-c4nccc(C)n4)sc23)on1. The summed E-state index contributed by atoms with van der Waals surface area (Å²) < 4.78 is 11.8. The first-order chi connectivity index (χ1) is 13.6. The number of hydrogen-bond acceptors (Lipinski definition) is 7. The molecule has 0 aliphatic carbocycles. The average molecular weight is 397 g/mol. The Morgan fingerprint density at radius 2 is 2.04 bits per heavy atom. The largest absolute Gasteiger partial charge is 0.369 e. The van der Waals surface area contributed by atoms with Gasteiger partial charge in [0.1, 0.15) is 5.60 Å². The Kier molecular flexibility index (Phi) is 4.53. The molecule has 3 aromatic heterocycles. The van der Waals surface area contributed by atoms with E-state index in [1.807, 2.05) is 43.5 Å². The van der Waals surface area contributed by atoms with Crippen molar-refractivity contribution < 1.29 is 9.26 Å². The van der Waals surface area contributed by atoms with E-state index in [4.69, 9.17) is 9.26 Å². The number of likely N-dealkylation sites (tertiary alicyclic amines) is 1. The Bertz CT molecular complexity index is 988. The minimum absolute atomic E-state index is 0.159. The minimum atomic E-state index is -0.159. The molecule has 2 aliphatic rings. The zero-order valence-corrected chi connectivity index (χ0v) is 17.1. The van der Waals surface area contributed by atoms with Crippen LogP contribution >= 0.6 is 11.3 Å². The number of ether oxygens (including phenoxy) is 1. The molecule has 0 N–H and O–H groups in total. The molecule has 6 nitrogen and oxygen atoms in total. The molecule has 1 spiro atoms. The van der Waals surface area contributed by atoms with Gasteiger partial charge < -0.3 is 9.26 Å². The zero-order valence-electron chi connectivity index (χ0n) is 16.3. The van der Waals surface area contributed by atoms with Crippen molar-refractivity contribution in [1.82, 2.24) is 20.0 Å². The fourth-order valence-electron chi connectivity index (χ4n) is 4.25. The maximum absolute atomic E-state index is 6.42. The summed E-state index contributed by atoms with van der Waals surface area (Å²) in [6.07, 6.45) is 4.82. The second-order valence-corrected chi connectivity index (χ2v) is 8.84. The van der Waals surface area contributed by atoms with Gasteiger partial charge in [0.25, 0.3) is 0 Å². The lowest BCUT2D eigenvalue weighted by molar-refractivity contribution is -0.0967. The predicted molar refractivity (Wildman–Crippen MR) is 107 cm³/mol. The summed E-state index contributed by atoms with van der Waals surface area (Å²) >= 11 is 1.81. The van der Waals surface area contributed by atoms with E-state index in [9.17, 15) is 0 Å². The molecule has 0 radical (unpaired) electrons. The van der Waals surface area contributed by atoms with Crippen molar-refractivity contribution in [1.29, 1.82) is 0 Å². The van der Waals surface area contributed by atoms with Gasteiger partial charge in [-0.15, -0.1) is 11.3 Å². The standard InChI is InChI=1S/C21H24N4O2S/c1-14-3-7-22-20(23-14)18-12-16-4-10-26-21(19(16)28-18)5-8-25(9-6-21)13-17-11-15(2)24-27-17/h3,7,11-12H,4-6,8-10,13H2,1-2H3. The van der Waals surface area contributed by atoms with Gasteiger partial charge in [0.2, 0.25) is 0 Å². The third-order valence-electron chi connectivity index (χ3n) is 5.71. The van der Waals surface area contributed by atoms with Crippen molar-refractivity contribution in [3.63, 3.8) is 0 Å². The summed E-state index contributed by atoms with van der Waals surface area (Å²) in [5.41, 5.74) is 3.19. The molecular weight excluding hydrogens is 372 g/mol. The summed E-state index contributed by atoms with van der Waals surface area (Å²) in [6, 6.07) is 6.24. The highest BCUT2D eigenvalue weighted by molar-refractivity contribution is 7.15. The third kappa shape index (κ3) is 3.27. The van der Waals surface area contributed by atoms with Crippen LogP contribution in [0.1, 0.15) is 40.4 Å². The quantitative estimate of drug-likeness (QED) is 0.670. The number of fused-ring (bicyclic) bond motifs is 2. The Hall–Kier alpha value is -2.09. The highest BCUT2D eigenvalue weighted by Crippen LogP contribution is 2.47. The molecular formula is C21H24N4O2S. The molecule has 2 aliphatic heterocycles. The third-order valence-corrected chi connectivity index (χ3v) is 7.07. The summed E-state index contributed by atoms with van der Waals surface area (Å²) in [7, 11) is 0. The lowest BCUT2D eigenvalue weighted by Gasteiger charge is -2.43. The molecule has 3 aromatic rings. The van der Waals surface area contributed by atoms with Crippen molar-refractivity contribution in [2.45, 2.75) is 45.3 Å². The fraction of sp³-hybridized carbons (Fsp3) is 0.476. The molecule has 0 amide bonds. The first-order valence-corrected chi connectivity index (χ1v) is 10.6. The molecule has 7 heteroatoms. The van der Waals surface area contributed by atoms with Gasteiger partial charge in [-0.25, -0.2) is 9.97 Å². The molecule has 0 saturated carbocycles. The molecule has 0 atom stereocenters. The van der Waals surface area contributed by atoms with Gasteiger partial charge in [-0.05, 0) is 50.8 Å². The number of aromatic nitrogens is 3. The van der Waals surface area contributed by atoms with E-state index in [0.29, 0.717) is 0 Å². The first kappa shape index (κ1) is 18.0. The van der Waals surface area contributed by atoms with Crippen molar-refractivity contribution in [3.05, 3.63) is 52.0 Å². The molecule has 146 valence electrons. The number of nitrogens with zero attached hydrogens (tertiary/aromatic N) is 4. The van der Waals surface area contributed by atoms with E-state index in [-0.39, 0.29) is 5.60 Å². The van der Waals surface area contributed by atoms with Crippen LogP contribution in [0.25, 0.3) is 10.7 Å². The van der Waals surface area contributed by atoms with Gasteiger partial charge in [0.05, 0.1) is 23.7 Å². The molecule has 1 fully saturated rings. The van der Waals surface area contributed by atoms with Crippen LogP contribution in [0.15, 0.2) is 28.9 Å². The number of rotatable bonds is 3. The van der Waals surface area contributed by atoms with Crippen molar-refractivity contribution >= 4 is 11.3 Å². The maximum Gasteiger partial charge on any atom is 0.169 e. The number of hydrogen-bond donors (Lipinski definition) is 0. The van der Waals surface area contributed by atoms with E-state index in [2.05, 4.69) is 26.1 Å². The molecule has 0 aromatic carbocycles. The molecule has 5 rings (SSSR count). The monoisotopic (exact) mass is 396 g/mol. The molecule has 28 heavy (non-hydrogen) atoms. The normalized spacial score (nSPS) is 19.1. The van der Waals surface area contributed by atoms with Crippen LogP contribution in [-0.2, 0) is 23.3 Å². The summed E-state index contributed by atoms with van der Waals surface area (Å²) in [6.45, 7) is 7.56. The predicted octanol–water partition coefficient (Wildman–Crippen LogP) is 3.87. The molecule has 0 unspecified atom stereocenters. The lowest BCUT2D eigenvalue weighted by Crippen LogP contribution is -2.45. The number of piperidine rings is 1. The van der Waals surface area contributed by atoms with E-state index in [0.717, 1.165) is 73.4 Å². The Labute approximate surface area is 168 Å². The van der Waals surface area contributed by atoms with Crippen molar-refractivity contribution in [3.8, 4) is 10.7 Å². The van der Waals surface area contributed by atoms with Gasteiger partial charge >= 0.3 is 0 Å². The van der Waals surface area contributed by atoms with Gasteiger partial charge in [-0.1, -0.05) is 5.16 Å². The van der Waals surface area contributed by atoms with Gasteiger partial charge in [0, 0.05) is 35.9 Å². The van der Waals surface area contributed by atoms with Crippen LogP contribution in [0, 0.1) is 13.8 Å².